The molecule has 1 heterocycles. The molecule has 6 nitrogen and oxygen atoms in total. The summed E-state index contributed by atoms with van der Waals surface area (Å²) in [5, 5.41) is 13.7. The van der Waals surface area contributed by atoms with E-state index in [9.17, 15) is 18.3 Å². The summed E-state index contributed by atoms with van der Waals surface area (Å²) in [6.07, 6.45) is -4.58. The van der Waals surface area contributed by atoms with Crippen molar-refractivity contribution in [3.8, 4) is 5.75 Å². The number of likely N-dealkylation sites (N-methyl/N-ethyl adjacent to an activating group) is 1. The number of hydrogen-bond donors (Lipinski definition) is 2. The SMILES string of the molecule is CCNC(=NCC(O)c1ccc(OC(F)(F)F)cc1)N1CCC(N(CC)CC)C1. The summed E-state index contributed by atoms with van der Waals surface area (Å²) in [6, 6.07) is 5.70. The minimum absolute atomic E-state index is 0.119. The fourth-order valence-corrected chi connectivity index (χ4v) is 3.57. The number of benzene rings is 1. The van der Waals surface area contributed by atoms with Crippen LogP contribution in [0.5, 0.6) is 5.75 Å². The zero-order valence-electron chi connectivity index (χ0n) is 17.2. The Labute approximate surface area is 170 Å². The van der Waals surface area contributed by atoms with Crippen LogP contribution >= 0.6 is 0 Å². The summed E-state index contributed by atoms with van der Waals surface area (Å²) in [7, 11) is 0. The van der Waals surface area contributed by atoms with Gasteiger partial charge in [-0.15, -0.1) is 13.2 Å². The Morgan fingerprint density at radius 1 is 1.28 bits per heavy atom. The van der Waals surface area contributed by atoms with Gasteiger partial charge in [-0.25, -0.2) is 0 Å². The van der Waals surface area contributed by atoms with E-state index in [2.05, 4.69) is 38.7 Å². The number of halogens is 3. The molecular weight excluding hydrogens is 385 g/mol. The molecule has 0 saturated carbocycles. The largest absolute Gasteiger partial charge is 0.573 e. The highest BCUT2D eigenvalue weighted by molar-refractivity contribution is 5.80. The summed E-state index contributed by atoms with van der Waals surface area (Å²) < 4.78 is 40.6. The lowest BCUT2D eigenvalue weighted by molar-refractivity contribution is -0.274. The molecule has 0 aromatic heterocycles. The Bertz CT molecular complexity index is 648. The average molecular weight is 416 g/mol. The molecule has 164 valence electrons. The van der Waals surface area contributed by atoms with Crippen molar-refractivity contribution in [1.29, 1.82) is 0 Å². The molecule has 1 aromatic carbocycles. The summed E-state index contributed by atoms with van der Waals surface area (Å²) in [5.74, 6) is 0.433. The van der Waals surface area contributed by atoms with Gasteiger partial charge in [0.1, 0.15) is 5.75 Å². The first-order valence-corrected chi connectivity index (χ1v) is 10.1. The fraction of sp³-hybridized carbons (Fsp3) is 0.650. The molecule has 1 aliphatic heterocycles. The summed E-state index contributed by atoms with van der Waals surface area (Å²) in [6.45, 7) is 10.9. The molecule has 1 fully saturated rings. The van der Waals surface area contributed by atoms with Crippen LogP contribution in [0.4, 0.5) is 13.2 Å². The van der Waals surface area contributed by atoms with E-state index in [1.54, 1.807) is 0 Å². The van der Waals surface area contributed by atoms with Gasteiger partial charge in [0, 0.05) is 25.7 Å². The number of alkyl halides is 3. The molecule has 2 unspecified atom stereocenters. The molecule has 9 heteroatoms. The van der Waals surface area contributed by atoms with Crippen molar-refractivity contribution in [3.63, 3.8) is 0 Å². The Balaban J connectivity index is 1.99. The van der Waals surface area contributed by atoms with Crippen molar-refractivity contribution in [2.24, 2.45) is 4.99 Å². The number of guanidine groups is 1. The molecule has 1 aromatic rings. The Hall–Kier alpha value is -2.00. The second kappa shape index (κ2) is 10.7. The minimum atomic E-state index is -4.73. The van der Waals surface area contributed by atoms with Crippen LogP contribution in [0.25, 0.3) is 0 Å². The maximum atomic E-state index is 12.2. The van der Waals surface area contributed by atoms with Gasteiger partial charge >= 0.3 is 6.36 Å². The van der Waals surface area contributed by atoms with E-state index in [1.165, 1.54) is 24.3 Å². The van der Waals surface area contributed by atoms with Crippen molar-refractivity contribution < 1.29 is 23.0 Å². The van der Waals surface area contributed by atoms with Gasteiger partial charge in [0.05, 0.1) is 12.6 Å². The van der Waals surface area contributed by atoms with E-state index in [-0.39, 0.29) is 12.3 Å². The predicted molar refractivity (Wildman–Crippen MR) is 107 cm³/mol. The summed E-state index contributed by atoms with van der Waals surface area (Å²) in [4.78, 5) is 9.18. The van der Waals surface area contributed by atoms with Crippen LogP contribution < -0.4 is 10.1 Å². The molecule has 2 N–H and O–H groups in total. The summed E-state index contributed by atoms with van der Waals surface area (Å²) >= 11 is 0. The third kappa shape index (κ3) is 7.08. The number of aliphatic imine (C=N–C) groups is 1. The number of ether oxygens (including phenoxy) is 1. The van der Waals surface area contributed by atoms with E-state index < -0.39 is 12.5 Å². The highest BCUT2D eigenvalue weighted by atomic mass is 19.4. The highest BCUT2D eigenvalue weighted by Gasteiger charge is 2.31. The molecule has 0 spiro atoms. The van der Waals surface area contributed by atoms with Gasteiger partial charge in [-0.3, -0.25) is 9.89 Å². The third-order valence-corrected chi connectivity index (χ3v) is 5.04. The smallest absolute Gasteiger partial charge is 0.406 e. The second-order valence-electron chi connectivity index (χ2n) is 6.94. The Kier molecular flexibility index (Phi) is 8.58. The van der Waals surface area contributed by atoms with Crippen molar-refractivity contribution >= 4 is 5.96 Å². The maximum absolute atomic E-state index is 12.2. The highest BCUT2D eigenvalue weighted by Crippen LogP contribution is 2.24. The van der Waals surface area contributed by atoms with Gasteiger partial charge in [0.25, 0.3) is 0 Å². The topological polar surface area (TPSA) is 60.3 Å². The predicted octanol–water partition coefficient (Wildman–Crippen LogP) is 3.00. The number of aliphatic hydroxyl groups is 1. The van der Waals surface area contributed by atoms with Crippen LogP contribution in [-0.2, 0) is 0 Å². The lowest BCUT2D eigenvalue weighted by atomic mass is 10.1. The van der Waals surface area contributed by atoms with Crippen LogP contribution in [0.15, 0.2) is 29.3 Å². The van der Waals surface area contributed by atoms with E-state index in [4.69, 9.17) is 0 Å². The zero-order valence-corrected chi connectivity index (χ0v) is 17.2. The van der Waals surface area contributed by atoms with Crippen molar-refractivity contribution in [2.45, 2.75) is 45.7 Å². The molecule has 0 radical (unpaired) electrons. The first kappa shape index (κ1) is 23.3. The second-order valence-corrected chi connectivity index (χ2v) is 6.94. The van der Waals surface area contributed by atoms with Gasteiger partial charge in [0.15, 0.2) is 5.96 Å². The molecule has 29 heavy (non-hydrogen) atoms. The maximum Gasteiger partial charge on any atom is 0.573 e. The normalized spacial score (nSPS) is 19.0. The van der Waals surface area contributed by atoms with Crippen LogP contribution in [-0.4, -0.2) is 72.5 Å². The molecule has 1 aliphatic rings. The molecule has 0 amide bonds. The fourth-order valence-electron chi connectivity index (χ4n) is 3.57. The summed E-state index contributed by atoms with van der Waals surface area (Å²) in [5.41, 5.74) is 0.488. The van der Waals surface area contributed by atoms with E-state index in [0.717, 1.165) is 38.6 Å². The van der Waals surface area contributed by atoms with Gasteiger partial charge in [0.2, 0.25) is 0 Å². The van der Waals surface area contributed by atoms with E-state index in [0.29, 0.717) is 18.2 Å². The number of nitrogens with zero attached hydrogens (tertiary/aromatic N) is 3. The van der Waals surface area contributed by atoms with E-state index >= 15 is 0 Å². The first-order chi connectivity index (χ1) is 13.8. The molecule has 1 saturated heterocycles. The third-order valence-electron chi connectivity index (χ3n) is 5.04. The van der Waals surface area contributed by atoms with Crippen LogP contribution in [0.3, 0.4) is 0 Å². The first-order valence-electron chi connectivity index (χ1n) is 10.1. The van der Waals surface area contributed by atoms with Gasteiger partial charge in [-0.2, -0.15) is 0 Å². The Morgan fingerprint density at radius 2 is 1.93 bits per heavy atom. The minimum Gasteiger partial charge on any atom is -0.406 e. The lowest BCUT2D eigenvalue weighted by Gasteiger charge is -2.27. The number of hydrogen-bond acceptors (Lipinski definition) is 4. The molecule has 0 aliphatic carbocycles. The van der Waals surface area contributed by atoms with Crippen LogP contribution in [0.1, 0.15) is 38.9 Å². The van der Waals surface area contributed by atoms with Gasteiger partial charge in [-0.05, 0) is 44.1 Å². The molecule has 2 rings (SSSR count). The quantitative estimate of drug-likeness (QED) is 0.504. The number of aliphatic hydroxyl groups excluding tert-OH is 1. The molecule has 0 bridgehead atoms. The number of rotatable bonds is 8. The van der Waals surface area contributed by atoms with Gasteiger partial charge < -0.3 is 20.1 Å². The number of likely N-dealkylation sites (tertiary alicyclic amines) is 1. The molecule has 2 atom stereocenters. The molecular formula is C20H31F3N4O2. The number of nitrogens with one attached hydrogen (secondary N) is 1. The lowest BCUT2D eigenvalue weighted by Crippen LogP contribution is -2.43. The van der Waals surface area contributed by atoms with Gasteiger partial charge in [-0.1, -0.05) is 26.0 Å². The van der Waals surface area contributed by atoms with E-state index in [1.807, 2.05) is 6.92 Å². The average Bonchev–Trinajstić information content (AvgIpc) is 3.15. The van der Waals surface area contributed by atoms with Crippen molar-refractivity contribution in [2.75, 3.05) is 39.3 Å². The van der Waals surface area contributed by atoms with Crippen molar-refractivity contribution in [1.82, 2.24) is 15.1 Å². The van der Waals surface area contributed by atoms with Crippen LogP contribution in [0, 0.1) is 0 Å². The Morgan fingerprint density at radius 3 is 2.48 bits per heavy atom. The van der Waals surface area contributed by atoms with Crippen LogP contribution in [0.2, 0.25) is 0 Å². The standard InChI is InChI=1S/C20H31F3N4O2/c1-4-24-19(27-12-11-16(14-27)26(5-2)6-3)25-13-18(28)15-7-9-17(10-8-15)29-20(21,22)23/h7-10,16,18,28H,4-6,11-14H2,1-3H3,(H,24,25). The van der Waals surface area contributed by atoms with Crippen molar-refractivity contribution in [3.05, 3.63) is 29.8 Å². The monoisotopic (exact) mass is 416 g/mol. The zero-order chi connectivity index (χ0) is 21.4.